The van der Waals surface area contributed by atoms with Gasteiger partial charge in [-0.1, -0.05) is 24.3 Å². The number of carbonyl (C=O) groups excluding carboxylic acids is 1. The third kappa shape index (κ3) is 2.96. The third-order valence-electron chi connectivity index (χ3n) is 4.06. The molecule has 1 aromatic rings. The van der Waals surface area contributed by atoms with E-state index in [0.29, 0.717) is 6.54 Å². The second-order valence-corrected chi connectivity index (χ2v) is 5.57. The van der Waals surface area contributed by atoms with E-state index in [1.807, 2.05) is 19.1 Å². The number of hydrogen-bond donors (Lipinski definition) is 2. The molecule has 0 aliphatic carbocycles. The molecule has 104 valence electrons. The van der Waals surface area contributed by atoms with Crippen molar-refractivity contribution < 1.29 is 4.79 Å². The lowest BCUT2D eigenvalue weighted by Gasteiger charge is -2.23. The number of rotatable bonds is 4. The van der Waals surface area contributed by atoms with E-state index in [-0.39, 0.29) is 11.3 Å². The monoisotopic (exact) mass is 261 g/mol. The summed E-state index contributed by atoms with van der Waals surface area (Å²) in [5, 5.41) is 2.77. The van der Waals surface area contributed by atoms with Crippen molar-refractivity contribution in [2.45, 2.75) is 26.4 Å². The predicted octanol–water partition coefficient (Wildman–Crippen LogP) is 1.10. The molecule has 0 aromatic heterocycles. The van der Waals surface area contributed by atoms with Crippen molar-refractivity contribution in [1.82, 2.24) is 10.2 Å². The van der Waals surface area contributed by atoms with Crippen LogP contribution in [-0.4, -0.2) is 30.9 Å². The summed E-state index contributed by atoms with van der Waals surface area (Å²) >= 11 is 0. The Morgan fingerprint density at radius 3 is 2.74 bits per heavy atom. The molecule has 0 radical (unpaired) electrons. The summed E-state index contributed by atoms with van der Waals surface area (Å²) in [5.41, 5.74) is 7.97. The zero-order valence-corrected chi connectivity index (χ0v) is 11.8. The average molecular weight is 261 g/mol. The zero-order valence-electron chi connectivity index (χ0n) is 11.8. The van der Waals surface area contributed by atoms with Crippen LogP contribution in [0.15, 0.2) is 24.3 Å². The molecule has 1 amide bonds. The van der Waals surface area contributed by atoms with Gasteiger partial charge < -0.3 is 11.1 Å². The summed E-state index contributed by atoms with van der Waals surface area (Å²) in [6, 6.07) is 8.26. The van der Waals surface area contributed by atoms with Gasteiger partial charge in [-0.05, 0) is 31.0 Å². The first-order chi connectivity index (χ1) is 9.09. The topological polar surface area (TPSA) is 58.4 Å². The van der Waals surface area contributed by atoms with E-state index in [2.05, 4.69) is 22.3 Å². The molecule has 4 heteroatoms. The molecule has 1 fully saturated rings. The van der Waals surface area contributed by atoms with Crippen molar-refractivity contribution in [2.24, 2.45) is 11.1 Å². The molecule has 1 saturated heterocycles. The van der Waals surface area contributed by atoms with Gasteiger partial charge in [-0.2, -0.15) is 0 Å². The van der Waals surface area contributed by atoms with E-state index in [9.17, 15) is 4.79 Å². The van der Waals surface area contributed by atoms with Gasteiger partial charge in [-0.25, -0.2) is 0 Å². The maximum absolute atomic E-state index is 11.9. The summed E-state index contributed by atoms with van der Waals surface area (Å²) < 4.78 is 0. The summed E-state index contributed by atoms with van der Waals surface area (Å²) in [4.78, 5) is 14.2. The zero-order chi connectivity index (χ0) is 13.9. The Morgan fingerprint density at radius 1 is 1.42 bits per heavy atom. The number of nitrogens with one attached hydrogen (secondary N) is 1. The van der Waals surface area contributed by atoms with Gasteiger partial charge in [-0.3, -0.25) is 9.69 Å². The van der Waals surface area contributed by atoms with Crippen molar-refractivity contribution in [3.05, 3.63) is 35.4 Å². The van der Waals surface area contributed by atoms with E-state index < -0.39 is 0 Å². The molecule has 1 atom stereocenters. The average Bonchev–Trinajstić information content (AvgIpc) is 2.81. The van der Waals surface area contributed by atoms with Gasteiger partial charge in [0.25, 0.3) is 0 Å². The largest absolute Gasteiger partial charge is 0.359 e. The minimum atomic E-state index is -0.258. The normalized spacial score (nSPS) is 23.5. The molecule has 1 unspecified atom stereocenters. The number of amides is 1. The third-order valence-corrected chi connectivity index (χ3v) is 4.06. The van der Waals surface area contributed by atoms with Gasteiger partial charge in [-0.15, -0.1) is 0 Å². The number of nitrogens with two attached hydrogens (primary N) is 1. The Balaban J connectivity index is 2.04. The van der Waals surface area contributed by atoms with Crippen LogP contribution in [0.3, 0.4) is 0 Å². The van der Waals surface area contributed by atoms with Crippen molar-refractivity contribution in [3.8, 4) is 0 Å². The molecule has 0 bridgehead atoms. The molecular formula is C15H23N3O. The van der Waals surface area contributed by atoms with Crippen molar-refractivity contribution in [3.63, 3.8) is 0 Å². The quantitative estimate of drug-likeness (QED) is 0.853. The second kappa shape index (κ2) is 5.72. The maximum Gasteiger partial charge on any atom is 0.227 e. The van der Waals surface area contributed by atoms with Crippen LogP contribution in [0.4, 0.5) is 0 Å². The standard InChI is InChI=1S/C15H23N3O/c1-15(14(19)17-2)7-8-18(11-15)10-13-6-4-3-5-12(13)9-16/h3-6H,7-11,16H2,1-2H3,(H,17,19). The van der Waals surface area contributed by atoms with Gasteiger partial charge in [0.15, 0.2) is 0 Å². The molecule has 1 aliphatic rings. The van der Waals surface area contributed by atoms with Crippen molar-refractivity contribution >= 4 is 5.91 Å². The highest BCUT2D eigenvalue weighted by Crippen LogP contribution is 2.31. The van der Waals surface area contributed by atoms with Gasteiger partial charge in [0.2, 0.25) is 5.91 Å². The van der Waals surface area contributed by atoms with Crippen LogP contribution in [0.1, 0.15) is 24.5 Å². The molecule has 4 nitrogen and oxygen atoms in total. The summed E-state index contributed by atoms with van der Waals surface area (Å²) in [6.07, 6.45) is 0.914. The minimum absolute atomic E-state index is 0.141. The van der Waals surface area contributed by atoms with E-state index in [4.69, 9.17) is 5.73 Å². The van der Waals surface area contributed by atoms with E-state index in [1.165, 1.54) is 11.1 Å². The smallest absolute Gasteiger partial charge is 0.227 e. The minimum Gasteiger partial charge on any atom is -0.359 e. The van der Waals surface area contributed by atoms with Crippen molar-refractivity contribution in [1.29, 1.82) is 0 Å². The predicted molar refractivity (Wildman–Crippen MR) is 76.4 cm³/mol. The lowest BCUT2D eigenvalue weighted by Crippen LogP contribution is -2.39. The Hall–Kier alpha value is -1.39. The van der Waals surface area contributed by atoms with Crippen molar-refractivity contribution in [2.75, 3.05) is 20.1 Å². The van der Waals surface area contributed by atoms with E-state index in [0.717, 1.165) is 26.1 Å². The van der Waals surface area contributed by atoms with Crippen LogP contribution in [-0.2, 0) is 17.9 Å². The lowest BCUT2D eigenvalue weighted by molar-refractivity contribution is -0.129. The number of likely N-dealkylation sites (tertiary alicyclic amines) is 1. The highest BCUT2D eigenvalue weighted by atomic mass is 16.2. The Kier molecular flexibility index (Phi) is 4.22. The molecule has 1 heterocycles. The first-order valence-electron chi connectivity index (χ1n) is 6.80. The fraction of sp³-hybridized carbons (Fsp3) is 0.533. The lowest BCUT2D eigenvalue weighted by atomic mass is 9.89. The molecule has 1 aromatic carbocycles. The van der Waals surface area contributed by atoms with Gasteiger partial charge in [0.1, 0.15) is 0 Å². The highest BCUT2D eigenvalue weighted by molar-refractivity contribution is 5.82. The van der Waals surface area contributed by atoms with Gasteiger partial charge in [0, 0.05) is 26.7 Å². The van der Waals surface area contributed by atoms with E-state index >= 15 is 0 Å². The number of carbonyl (C=O) groups is 1. The van der Waals surface area contributed by atoms with Crippen LogP contribution >= 0.6 is 0 Å². The van der Waals surface area contributed by atoms with Crippen LogP contribution in [0.25, 0.3) is 0 Å². The Morgan fingerprint density at radius 2 is 2.11 bits per heavy atom. The first kappa shape index (κ1) is 14.0. The summed E-state index contributed by atoms with van der Waals surface area (Å²) in [6.45, 7) is 5.26. The summed E-state index contributed by atoms with van der Waals surface area (Å²) in [5.74, 6) is 0.141. The van der Waals surface area contributed by atoms with Crippen LogP contribution in [0.5, 0.6) is 0 Å². The maximum atomic E-state index is 11.9. The SMILES string of the molecule is CNC(=O)C1(C)CCN(Cc2ccccc2CN)C1. The molecule has 1 aliphatic heterocycles. The van der Waals surface area contributed by atoms with Crippen LogP contribution in [0, 0.1) is 5.41 Å². The van der Waals surface area contributed by atoms with Crippen LogP contribution < -0.4 is 11.1 Å². The van der Waals surface area contributed by atoms with E-state index in [1.54, 1.807) is 7.05 Å². The second-order valence-electron chi connectivity index (χ2n) is 5.57. The molecule has 3 N–H and O–H groups in total. The first-order valence-corrected chi connectivity index (χ1v) is 6.80. The molecule has 2 rings (SSSR count). The fourth-order valence-corrected chi connectivity index (χ4v) is 2.83. The number of benzene rings is 1. The number of hydrogen-bond acceptors (Lipinski definition) is 3. The fourth-order valence-electron chi connectivity index (χ4n) is 2.83. The molecule has 0 spiro atoms. The molecular weight excluding hydrogens is 238 g/mol. The van der Waals surface area contributed by atoms with Gasteiger partial charge >= 0.3 is 0 Å². The van der Waals surface area contributed by atoms with Crippen LogP contribution in [0.2, 0.25) is 0 Å². The highest BCUT2D eigenvalue weighted by Gasteiger charge is 2.39. The summed E-state index contributed by atoms with van der Waals surface area (Å²) in [7, 11) is 1.71. The Labute approximate surface area is 115 Å². The number of nitrogens with zero attached hydrogens (tertiary/aromatic N) is 1. The Bertz CT molecular complexity index is 460. The van der Waals surface area contributed by atoms with Gasteiger partial charge in [0.05, 0.1) is 5.41 Å². The molecule has 19 heavy (non-hydrogen) atoms. The molecule has 0 saturated carbocycles.